The van der Waals surface area contributed by atoms with Crippen LogP contribution in [0.4, 0.5) is 18.3 Å². The molecule has 0 bridgehead atoms. The summed E-state index contributed by atoms with van der Waals surface area (Å²) in [7, 11) is 0. The zero-order valence-corrected chi connectivity index (χ0v) is 8.34. The van der Waals surface area contributed by atoms with Crippen molar-refractivity contribution in [2.45, 2.75) is 12.7 Å². The van der Waals surface area contributed by atoms with Gasteiger partial charge in [0.1, 0.15) is 0 Å². The van der Waals surface area contributed by atoms with Crippen molar-refractivity contribution in [1.29, 1.82) is 0 Å². The summed E-state index contributed by atoms with van der Waals surface area (Å²) in [5.74, 6) is 0.323. The Labute approximate surface area is 90.5 Å². The summed E-state index contributed by atoms with van der Waals surface area (Å²) in [6, 6.07) is 0. The molecule has 1 N–H and O–H groups in total. The van der Waals surface area contributed by atoms with E-state index in [0.717, 1.165) is 6.39 Å². The smallest absolute Gasteiger partial charge is 0.353 e. The van der Waals surface area contributed by atoms with E-state index in [4.69, 9.17) is 0 Å². The first-order valence-electron chi connectivity index (χ1n) is 3.95. The van der Waals surface area contributed by atoms with Gasteiger partial charge >= 0.3 is 6.18 Å². The molecule has 86 valence electrons. The van der Waals surface area contributed by atoms with Crippen molar-refractivity contribution in [2.24, 2.45) is 0 Å². The van der Waals surface area contributed by atoms with E-state index in [1.807, 2.05) is 0 Å². The van der Waals surface area contributed by atoms with Gasteiger partial charge in [-0.05, 0) is 0 Å². The Balaban J connectivity index is 1.98. The second-order valence-electron chi connectivity index (χ2n) is 2.61. The Hall–Kier alpha value is -1.71. The zero-order valence-electron chi connectivity index (χ0n) is 7.52. The van der Waals surface area contributed by atoms with Crippen molar-refractivity contribution in [3.63, 3.8) is 0 Å². The fourth-order valence-electron chi connectivity index (χ4n) is 0.834. The minimum Gasteiger partial charge on any atom is -0.353 e. The van der Waals surface area contributed by atoms with E-state index in [-0.39, 0.29) is 11.7 Å². The monoisotopic (exact) mass is 251 g/mol. The molecule has 0 atom stereocenters. The van der Waals surface area contributed by atoms with Crippen LogP contribution in [0.25, 0.3) is 0 Å². The van der Waals surface area contributed by atoms with Gasteiger partial charge in [-0.2, -0.15) is 18.2 Å². The Morgan fingerprint density at radius 3 is 2.75 bits per heavy atom. The topological polar surface area (TPSA) is 76.7 Å². The van der Waals surface area contributed by atoms with E-state index < -0.39 is 11.2 Å². The van der Waals surface area contributed by atoms with Crippen LogP contribution in [0.5, 0.6) is 0 Å². The lowest BCUT2D eigenvalue weighted by Gasteiger charge is -1.98. The molecule has 0 aliphatic heterocycles. The van der Waals surface area contributed by atoms with Crippen LogP contribution >= 0.6 is 11.3 Å². The van der Waals surface area contributed by atoms with E-state index in [0.29, 0.717) is 17.2 Å². The van der Waals surface area contributed by atoms with Gasteiger partial charge in [0, 0.05) is 0 Å². The van der Waals surface area contributed by atoms with Crippen LogP contribution in [0, 0.1) is 0 Å². The highest BCUT2D eigenvalue weighted by molar-refractivity contribution is 7.15. The summed E-state index contributed by atoms with van der Waals surface area (Å²) in [4.78, 5) is 3.68. The molecule has 16 heavy (non-hydrogen) atoms. The van der Waals surface area contributed by atoms with Crippen LogP contribution < -0.4 is 5.32 Å². The molecule has 0 unspecified atom stereocenters. The normalized spacial score (nSPS) is 11.7. The molecule has 6 nitrogen and oxygen atoms in total. The Kier molecular flexibility index (Phi) is 2.73. The van der Waals surface area contributed by atoms with Gasteiger partial charge in [0.05, 0.1) is 6.54 Å². The van der Waals surface area contributed by atoms with Crippen molar-refractivity contribution in [3.05, 3.63) is 17.2 Å². The number of alkyl halides is 3. The molecular formula is C6H4F3N5OS. The number of hydrogen-bond donors (Lipinski definition) is 1. The zero-order chi connectivity index (χ0) is 11.6. The third-order valence-corrected chi connectivity index (χ3v) is 2.40. The van der Waals surface area contributed by atoms with Crippen LogP contribution in [0.1, 0.15) is 10.8 Å². The Morgan fingerprint density at radius 2 is 2.19 bits per heavy atom. The third kappa shape index (κ3) is 2.45. The second kappa shape index (κ2) is 4.04. The van der Waals surface area contributed by atoms with Crippen LogP contribution in [-0.2, 0) is 12.7 Å². The average molecular weight is 251 g/mol. The van der Waals surface area contributed by atoms with Crippen LogP contribution in [0.15, 0.2) is 10.9 Å². The Morgan fingerprint density at radius 1 is 1.38 bits per heavy atom. The first kappa shape index (κ1) is 10.8. The van der Waals surface area contributed by atoms with Crippen LogP contribution in [0.2, 0.25) is 0 Å². The van der Waals surface area contributed by atoms with Crippen LogP contribution in [-0.4, -0.2) is 20.3 Å². The Bertz CT molecular complexity index is 453. The fraction of sp³-hybridized carbons (Fsp3) is 0.333. The quantitative estimate of drug-likeness (QED) is 0.891. The SMILES string of the molecule is FC(F)(F)c1nnc(NCc2ncon2)s1. The number of rotatable bonds is 3. The van der Waals surface area contributed by atoms with Gasteiger partial charge in [0.15, 0.2) is 5.82 Å². The molecule has 2 heterocycles. The highest BCUT2D eigenvalue weighted by Gasteiger charge is 2.35. The first-order chi connectivity index (χ1) is 7.55. The predicted molar refractivity (Wildman–Crippen MR) is 46.5 cm³/mol. The van der Waals surface area contributed by atoms with E-state index in [1.54, 1.807) is 0 Å². The molecule has 0 radical (unpaired) electrons. The van der Waals surface area contributed by atoms with Gasteiger partial charge in [-0.15, -0.1) is 10.2 Å². The van der Waals surface area contributed by atoms with E-state index >= 15 is 0 Å². The lowest BCUT2D eigenvalue weighted by molar-refractivity contribution is -0.138. The average Bonchev–Trinajstić information content (AvgIpc) is 2.85. The van der Waals surface area contributed by atoms with Crippen molar-refractivity contribution in [2.75, 3.05) is 5.32 Å². The summed E-state index contributed by atoms with van der Waals surface area (Å²) in [5, 5.41) is 11.5. The summed E-state index contributed by atoms with van der Waals surface area (Å²) in [5.41, 5.74) is 0. The molecule has 0 saturated carbocycles. The summed E-state index contributed by atoms with van der Waals surface area (Å²) < 4.78 is 40.9. The molecule has 0 aromatic carbocycles. The van der Waals surface area contributed by atoms with Crippen molar-refractivity contribution in [1.82, 2.24) is 20.3 Å². The van der Waals surface area contributed by atoms with E-state index in [2.05, 4.69) is 30.2 Å². The van der Waals surface area contributed by atoms with Gasteiger partial charge in [-0.3, -0.25) is 0 Å². The standard InChI is InChI=1S/C6H4F3N5OS/c7-6(8,9)4-12-13-5(16-4)10-1-3-11-2-15-14-3/h2H,1H2,(H,10,13). The second-order valence-corrected chi connectivity index (χ2v) is 3.59. The molecule has 10 heteroatoms. The summed E-state index contributed by atoms with van der Waals surface area (Å²) >= 11 is 0.417. The number of halogens is 3. The number of nitrogens with one attached hydrogen (secondary N) is 1. The lowest BCUT2D eigenvalue weighted by atomic mass is 10.6. The van der Waals surface area contributed by atoms with Gasteiger partial charge < -0.3 is 9.84 Å². The molecule has 2 rings (SSSR count). The molecule has 0 aliphatic carbocycles. The van der Waals surface area contributed by atoms with Gasteiger partial charge in [0.2, 0.25) is 16.5 Å². The minimum atomic E-state index is -4.47. The number of nitrogens with zero attached hydrogens (tertiary/aromatic N) is 4. The van der Waals surface area contributed by atoms with E-state index in [9.17, 15) is 13.2 Å². The maximum atomic E-state index is 12.2. The highest BCUT2D eigenvalue weighted by Crippen LogP contribution is 2.32. The largest absolute Gasteiger partial charge is 0.445 e. The molecule has 0 spiro atoms. The van der Waals surface area contributed by atoms with Crippen molar-refractivity contribution in [3.8, 4) is 0 Å². The third-order valence-electron chi connectivity index (χ3n) is 1.47. The number of hydrogen-bond acceptors (Lipinski definition) is 7. The first-order valence-corrected chi connectivity index (χ1v) is 4.77. The van der Waals surface area contributed by atoms with E-state index in [1.165, 1.54) is 0 Å². The van der Waals surface area contributed by atoms with Crippen LogP contribution in [0.3, 0.4) is 0 Å². The summed E-state index contributed by atoms with van der Waals surface area (Å²) in [6.07, 6.45) is -3.35. The molecule has 0 saturated heterocycles. The molecular weight excluding hydrogens is 247 g/mol. The number of anilines is 1. The fourth-order valence-corrected chi connectivity index (χ4v) is 1.44. The lowest BCUT2D eigenvalue weighted by Crippen LogP contribution is -2.03. The van der Waals surface area contributed by atoms with Gasteiger partial charge in [-0.1, -0.05) is 16.5 Å². The predicted octanol–water partition coefficient (Wildman–Crippen LogP) is 1.55. The molecule has 0 amide bonds. The van der Waals surface area contributed by atoms with Crippen molar-refractivity contribution < 1.29 is 17.7 Å². The minimum absolute atomic E-state index is 0.0529. The van der Waals surface area contributed by atoms with Gasteiger partial charge in [-0.25, -0.2) is 0 Å². The summed E-state index contributed by atoms with van der Waals surface area (Å²) in [6.45, 7) is 0.128. The molecule has 2 aromatic rings. The van der Waals surface area contributed by atoms with Crippen molar-refractivity contribution >= 4 is 16.5 Å². The molecule has 0 fully saturated rings. The maximum absolute atomic E-state index is 12.2. The molecule has 0 aliphatic rings. The highest BCUT2D eigenvalue weighted by atomic mass is 32.1. The van der Waals surface area contributed by atoms with Gasteiger partial charge in [0.25, 0.3) is 0 Å². The number of aromatic nitrogens is 4. The maximum Gasteiger partial charge on any atom is 0.445 e. The molecule has 2 aromatic heterocycles.